The largest absolute Gasteiger partial charge is 0.468 e. The summed E-state index contributed by atoms with van der Waals surface area (Å²) in [7, 11) is 1.11. The maximum Gasteiger partial charge on any atom is 0.322 e. The first kappa shape index (κ1) is 12.5. The van der Waals surface area contributed by atoms with Crippen molar-refractivity contribution in [1.29, 1.82) is 0 Å². The van der Waals surface area contributed by atoms with Gasteiger partial charge < -0.3 is 10.5 Å². The number of methoxy groups -OCH3 is 1. The number of hydrogen-bond acceptors (Lipinski definition) is 3. The molecule has 3 nitrogen and oxygen atoms in total. The van der Waals surface area contributed by atoms with Gasteiger partial charge in [0, 0.05) is 24.1 Å². The zero-order chi connectivity index (χ0) is 12.3. The molecule has 0 heterocycles. The molecule has 16 heavy (non-hydrogen) atoms. The quantitative estimate of drug-likeness (QED) is 0.797. The molecule has 6 heteroatoms. The van der Waals surface area contributed by atoms with Gasteiger partial charge in [-0.3, -0.25) is 4.79 Å². The van der Waals surface area contributed by atoms with Crippen molar-refractivity contribution >= 4 is 5.97 Å². The minimum Gasteiger partial charge on any atom is -0.468 e. The van der Waals surface area contributed by atoms with E-state index in [1.54, 1.807) is 0 Å². The molecular formula is C10H10F3NO2. The number of carbonyl (C=O) groups is 1. The third kappa shape index (κ3) is 2.73. The van der Waals surface area contributed by atoms with Gasteiger partial charge in [-0.05, 0) is 0 Å². The summed E-state index contributed by atoms with van der Waals surface area (Å²) >= 11 is 0. The van der Waals surface area contributed by atoms with Crippen molar-refractivity contribution in [2.24, 2.45) is 5.73 Å². The van der Waals surface area contributed by atoms with Crippen LogP contribution in [0.25, 0.3) is 0 Å². The van der Waals surface area contributed by atoms with E-state index in [-0.39, 0.29) is 6.42 Å². The summed E-state index contributed by atoms with van der Waals surface area (Å²) in [6, 6.07) is -0.121. The van der Waals surface area contributed by atoms with Gasteiger partial charge in [0.2, 0.25) is 0 Å². The summed E-state index contributed by atoms with van der Waals surface area (Å²) in [6.45, 7) is 0. The van der Waals surface area contributed by atoms with Crippen molar-refractivity contribution in [2.75, 3.05) is 7.11 Å². The van der Waals surface area contributed by atoms with Crippen molar-refractivity contribution in [3.63, 3.8) is 0 Å². The third-order valence-electron chi connectivity index (χ3n) is 2.03. The molecule has 0 aliphatic rings. The van der Waals surface area contributed by atoms with E-state index in [0.717, 1.165) is 7.11 Å². The van der Waals surface area contributed by atoms with Crippen LogP contribution in [0.4, 0.5) is 13.2 Å². The summed E-state index contributed by atoms with van der Waals surface area (Å²) in [5.74, 6) is -3.96. The Kier molecular flexibility index (Phi) is 3.89. The highest BCUT2D eigenvalue weighted by molar-refractivity contribution is 5.75. The molecule has 1 rings (SSSR count). The number of halogens is 3. The topological polar surface area (TPSA) is 52.3 Å². The Labute approximate surface area is 90.0 Å². The fourth-order valence-electron chi connectivity index (χ4n) is 1.22. The summed E-state index contributed by atoms with van der Waals surface area (Å²) in [6.07, 6.45) is -0.384. The Hall–Kier alpha value is -1.56. The highest BCUT2D eigenvalue weighted by Crippen LogP contribution is 2.16. The van der Waals surface area contributed by atoms with E-state index in [2.05, 4.69) is 4.74 Å². The molecule has 0 amide bonds. The summed E-state index contributed by atoms with van der Waals surface area (Å²) < 4.78 is 43.2. The van der Waals surface area contributed by atoms with E-state index < -0.39 is 35.0 Å². The fourth-order valence-corrected chi connectivity index (χ4v) is 1.22. The smallest absolute Gasteiger partial charge is 0.322 e. The Morgan fingerprint density at radius 2 is 1.88 bits per heavy atom. The molecule has 2 N–H and O–H groups in total. The van der Waals surface area contributed by atoms with Crippen LogP contribution >= 0.6 is 0 Å². The third-order valence-corrected chi connectivity index (χ3v) is 2.03. The number of carbonyl (C=O) groups excluding carboxylic acids is 1. The van der Waals surface area contributed by atoms with Crippen molar-refractivity contribution < 1.29 is 22.7 Å². The van der Waals surface area contributed by atoms with Crippen molar-refractivity contribution in [3.8, 4) is 0 Å². The van der Waals surface area contributed by atoms with Gasteiger partial charge in [0.1, 0.15) is 23.5 Å². The van der Waals surface area contributed by atoms with Gasteiger partial charge in [0.15, 0.2) is 0 Å². The van der Waals surface area contributed by atoms with E-state index in [9.17, 15) is 18.0 Å². The Balaban J connectivity index is 2.93. The van der Waals surface area contributed by atoms with E-state index in [1.807, 2.05) is 0 Å². The molecule has 0 radical (unpaired) electrons. The lowest BCUT2D eigenvalue weighted by Crippen LogP contribution is -2.34. The van der Waals surface area contributed by atoms with Crippen LogP contribution in [0.2, 0.25) is 0 Å². The molecule has 0 spiro atoms. The zero-order valence-corrected chi connectivity index (χ0v) is 8.47. The van der Waals surface area contributed by atoms with E-state index in [1.165, 1.54) is 0 Å². The van der Waals surface area contributed by atoms with Gasteiger partial charge in [0.05, 0.1) is 7.11 Å². The maximum atomic E-state index is 13.2. The van der Waals surface area contributed by atoms with Gasteiger partial charge in [-0.15, -0.1) is 0 Å². The lowest BCUT2D eigenvalue weighted by Gasteiger charge is -2.10. The Morgan fingerprint density at radius 1 is 1.38 bits per heavy atom. The van der Waals surface area contributed by atoms with Gasteiger partial charge in [-0.1, -0.05) is 0 Å². The second-order valence-electron chi connectivity index (χ2n) is 3.18. The van der Waals surface area contributed by atoms with E-state index >= 15 is 0 Å². The number of ether oxygens (including phenoxy) is 1. The maximum absolute atomic E-state index is 13.2. The Bertz CT molecular complexity index is 386. The first-order valence-corrected chi connectivity index (χ1v) is 4.42. The molecular weight excluding hydrogens is 223 g/mol. The highest BCUT2D eigenvalue weighted by Gasteiger charge is 2.20. The SMILES string of the molecule is COC(=O)[C@@H](N)Cc1c(F)cc(F)cc1F. The van der Waals surface area contributed by atoms with Crippen LogP contribution in [0.5, 0.6) is 0 Å². The predicted octanol–water partition coefficient (Wildman–Crippen LogP) is 1.15. The number of nitrogens with two attached hydrogens (primary N) is 1. The molecule has 0 aromatic heterocycles. The predicted molar refractivity (Wildman–Crippen MR) is 50.0 cm³/mol. The van der Waals surface area contributed by atoms with Gasteiger partial charge in [0.25, 0.3) is 0 Å². The number of esters is 1. The van der Waals surface area contributed by atoms with Crippen LogP contribution in [0.1, 0.15) is 5.56 Å². The van der Waals surface area contributed by atoms with E-state index in [0.29, 0.717) is 12.1 Å². The Morgan fingerprint density at radius 3 is 2.31 bits per heavy atom. The van der Waals surface area contributed by atoms with Crippen molar-refractivity contribution in [3.05, 3.63) is 35.1 Å². The van der Waals surface area contributed by atoms with Crippen LogP contribution in [0.15, 0.2) is 12.1 Å². The number of rotatable bonds is 3. The molecule has 1 aromatic carbocycles. The monoisotopic (exact) mass is 233 g/mol. The number of hydrogen-bond donors (Lipinski definition) is 1. The molecule has 1 aromatic rings. The van der Waals surface area contributed by atoms with Crippen molar-refractivity contribution in [1.82, 2.24) is 0 Å². The second kappa shape index (κ2) is 4.98. The van der Waals surface area contributed by atoms with E-state index in [4.69, 9.17) is 5.73 Å². The average molecular weight is 233 g/mol. The molecule has 0 fully saturated rings. The molecule has 0 bridgehead atoms. The molecule has 0 aliphatic heterocycles. The zero-order valence-electron chi connectivity index (χ0n) is 8.47. The summed E-state index contributed by atoms with van der Waals surface area (Å²) in [5, 5.41) is 0. The van der Waals surface area contributed by atoms with Gasteiger partial charge in [-0.25, -0.2) is 13.2 Å². The first-order valence-electron chi connectivity index (χ1n) is 4.42. The van der Waals surface area contributed by atoms with Crippen molar-refractivity contribution in [2.45, 2.75) is 12.5 Å². The minimum atomic E-state index is -1.18. The summed E-state index contributed by atoms with van der Waals surface area (Å²) in [4.78, 5) is 10.9. The average Bonchev–Trinajstić information content (AvgIpc) is 2.21. The highest BCUT2D eigenvalue weighted by atomic mass is 19.1. The fraction of sp³-hybridized carbons (Fsp3) is 0.300. The van der Waals surface area contributed by atoms with Gasteiger partial charge >= 0.3 is 5.97 Å². The lowest BCUT2D eigenvalue weighted by atomic mass is 10.1. The van der Waals surface area contributed by atoms with Gasteiger partial charge in [-0.2, -0.15) is 0 Å². The van der Waals surface area contributed by atoms with Crippen LogP contribution in [-0.4, -0.2) is 19.1 Å². The molecule has 0 unspecified atom stereocenters. The number of benzene rings is 1. The lowest BCUT2D eigenvalue weighted by molar-refractivity contribution is -0.142. The molecule has 1 atom stereocenters. The van der Waals surface area contributed by atoms with Crippen LogP contribution in [0.3, 0.4) is 0 Å². The normalized spacial score (nSPS) is 12.3. The summed E-state index contributed by atoms with van der Waals surface area (Å²) in [5.41, 5.74) is 4.90. The molecule has 0 saturated heterocycles. The minimum absolute atomic E-state index is 0.384. The molecule has 88 valence electrons. The first-order chi connectivity index (χ1) is 7.45. The molecule has 0 aliphatic carbocycles. The standard InChI is InChI=1S/C10H10F3NO2/c1-16-10(15)9(14)4-6-7(12)2-5(11)3-8(6)13/h2-3,9H,4,14H2,1H3/t9-/m0/s1. The van der Waals surface area contributed by atoms with Crippen LogP contribution in [-0.2, 0) is 16.0 Å². The van der Waals surface area contributed by atoms with Crippen LogP contribution < -0.4 is 5.73 Å². The van der Waals surface area contributed by atoms with Crippen LogP contribution in [0, 0.1) is 17.5 Å². The second-order valence-corrected chi connectivity index (χ2v) is 3.18. The molecule has 0 saturated carbocycles.